The summed E-state index contributed by atoms with van der Waals surface area (Å²) in [5, 5.41) is 0. The molecule has 8 aromatic carbocycles. The van der Waals surface area contributed by atoms with Gasteiger partial charge in [0.05, 0.1) is 0 Å². The van der Waals surface area contributed by atoms with Crippen molar-refractivity contribution >= 4 is 0 Å². The van der Waals surface area contributed by atoms with Gasteiger partial charge in [-0.15, -0.1) is 0 Å². The number of nitrogens with zero attached hydrogens (tertiary/aromatic N) is 6. The molecule has 0 saturated carbocycles. The van der Waals surface area contributed by atoms with Crippen LogP contribution >= 0.6 is 0 Å². The fourth-order valence-electron chi connectivity index (χ4n) is 8.19. The number of rotatable bonds is 8. The minimum atomic E-state index is 0.621. The molecule has 2 heterocycles. The standard InChI is InChI=1S/C55H36N6/c1-5-17-36(18-6-1)50-56-51(37-19-7-2-8-20-37)59-54(58-50)43-28-15-26-40(31-43)45-34-47(49-33-42-25-13-14-30-46(42)48(49)35-45)41-27-16-29-44(32-41)55-60-52(38-21-9-3-10-22-38)57-53(61-55)39-23-11-4-12-24-39/h1-32,34-35H,33H2. The Morgan fingerprint density at radius 1 is 0.230 bits per heavy atom. The van der Waals surface area contributed by atoms with Gasteiger partial charge in [0, 0.05) is 33.4 Å². The van der Waals surface area contributed by atoms with Gasteiger partial charge in [-0.3, -0.25) is 0 Å². The van der Waals surface area contributed by atoms with E-state index >= 15 is 0 Å². The van der Waals surface area contributed by atoms with E-state index in [9.17, 15) is 0 Å². The number of hydrogen-bond donors (Lipinski definition) is 0. The van der Waals surface area contributed by atoms with Crippen LogP contribution in [0.25, 0.3) is 102 Å². The second-order valence-electron chi connectivity index (χ2n) is 15.1. The molecule has 6 heteroatoms. The van der Waals surface area contributed by atoms with Crippen molar-refractivity contribution in [3.05, 3.63) is 217 Å². The van der Waals surface area contributed by atoms with Gasteiger partial charge in [-0.05, 0) is 75.2 Å². The number of hydrogen-bond acceptors (Lipinski definition) is 6. The van der Waals surface area contributed by atoms with Gasteiger partial charge in [0.1, 0.15) is 0 Å². The van der Waals surface area contributed by atoms with Gasteiger partial charge in [0.25, 0.3) is 0 Å². The van der Waals surface area contributed by atoms with Gasteiger partial charge in [-0.25, -0.2) is 29.9 Å². The van der Waals surface area contributed by atoms with E-state index in [0.29, 0.717) is 34.9 Å². The fraction of sp³-hybridized carbons (Fsp3) is 0.0182. The maximum absolute atomic E-state index is 5.06. The molecular weight excluding hydrogens is 745 g/mol. The molecule has 0 amide bonds. The Bertz CT molecular complexity index is 3090. The van der Waals surface area contributed by atoms with Crippen molar-refractivity contribution in [2.45, 2.75) is 6.42 Å². The third kappa shape index (κ3) is 7.06. The summed E-state index contributed by atoms with van der Waals surface area (Å²) in [6, 6.07) is 71.0. The van der Waals surface area contributed by atoms with Gasteiger partial charge in [-0.2, -0.15) is 0 Å². The highest BCUT2D eigenvalue weighted by Gasteiger charge is 2.24. The maximum atomic E-state index is 5.06. The summed E-state index contributed by atoms with van der Waals surface area (Å²) in [5.41, 5.74) is 15.2. The van der Waals surface area contributed by atoms with Crippen LogP contribution in [-0.4, -0.2) is 29.9 Å². The first-order valence-corrected chi connectivity index (χ1v) is 20.4. The van der Waals surface area contributed by atoms with E-state index in [1.54, 1.807) is 0 Å². The molecule has 0 N–H and O–H groups in total. The Balaban J connectivity index is 1.04. The van der Waals surface area contributed by atoms with E-state index in [2.05, 4.69) is 84.9 Å². The zero-order valence-electron chi connectivity index (χ0n) is 33.0. The number of benzene rings is 8. The molecule has 61 heavy (non-hydrogen) atoms. The van der Waals surface area contributed by atoms with Crippen LogP contribution in [0.3, 0.4) is 0 Å². The van der Waals surface area contributed by atoms with E-state index in [-0.39, 0.29) is 0 Å². The predicted molar refractivity (Wildman–Crippen MR) is 245 cm³/mol. The molecule has 1 aliphatic rings. The first kappa shape index (κ1) is 35.9. The van der Waals surface area contributed by atoms with Crippen LogP contribution in [-0.2, 0) is 6.42 Å². The first-order chi connectivity index (χ1) is 30.2. The summed E-state index contributed by atoms with van der Waals surface area (Å²) in [6.07, 6.45) is 0.850. The van der Waals surface area contributed by atoms with Gasteiger partial charge in [0.15, 0.2) is 34.9 Å². The van der Waals surface area contributed by atoms with Crippen molar-refractivity contribution in [3.63, 3.8) is 0 Å². The molecule has 11 rings (SSSR count). The summed E-state index contributed by atoms with van der Waals surface area (Å²) in [4.78, 5) is 30.0. The minimum absolute atomic E-state index is 0.621. The quantitative estimate of drug-likeness (QED) is 0.153. The molecule has 2 aromatic heterocycles. The largest absolute Gasteiger partial charge is 0.208 e. The van der Waals surface area contributed by atoms with Crippen molar-refractivity contribution in [1.29, 1.82) is 0 Å². The SMILES string of the molecule is c1ccc(-c2nc(-c3ccccc3)nc(-c3cccc(-c4cc(-c5cccc(-c6nc(-c7ccccc7)nc(-c7ccccc7)n6)c5)c5c(c4)-c4ccccc4C5)c3)n2)cc1. The molecular formula is C55H36N6. The molecule has 6 nitrogen and oxygen atoms in total. The highest BCUT2D eigenvalue weighted by atomic mass is 15.0. The second-order valence-corrected chi connectivity index (χ2v) is 15.1. The van der Waals surface area contributed by atoms with Crippen LogP contribution < -0.4 is 0 Å². The van der Waals surface area contributed by atoms with E-state index < -0.39 is 0 Å². The number of fused-ring (bicyclic) bond motifs is 3. The molecule has 0 unspecified atom stereocenters. The molecule has 0 atom stereocenters. The Labute approximate surface area is 354 Å². The average molecular weight is 781 g/mol. The third-order valence-corrected chi connectivity index (χ3v) is 11.2. The lowest BCUT2D eigenvalue weighted by atomic mass is 9.90. The van der Waals surface area contributed by atoms with E-state index in [4.69, 9.17) is 29.9 Å². The van der Waals surface area contributed by atoms with Crippen LogP contribution in [0.4, 0.5) is 0 Å². The molecule has 0 saturated heterocycles. The Kier molecular flexibility index (Phi) is 9.13. The summed E-state index contributed by atoms with van der Waals surface area (Å²) in [5.74, 6) is 3.79. The van der Waals surface area contributed by atoms with Gasteiger partial charge in [-0.1, -0.05) is 182 Å². The lowest BCUT2D eigenvalue weighted by Gasteiger charge is -2.15. The van der Waals surface area contributed by atoms with E-state index in [1.807, 2.05) is 121 Å². The predicted octanol–water partition coefficient (Wildman–Crippen LogP) is 13.0. The summed E-state index contributed by atoms with van der Waals surface area (Å²) in [7, 11) is 0. The van der Waals surface area contributed by atoms with Crippen molar-refractivity contribution in [2.75, 3.05) is 0 Å². The van der Waals surface area contributed by atoms with E-state index in [0.717, 1.165) is 56.5 Å². The van der Waals surface area contributed by atoms with Crippen molar-refractivity contribution in [3.8, 4) is 102 Å². The minimum Gasteiger partial charge on any atom is -0.208 e. The smallest absolute Gasteiger partial charge is 0.164 e. The molecule has 0 aliphatic heterocycles. The Morgan fingerprint density at radius 2 is 0.574 bits per heavy atom. The Morgan fingerprint density at radius 3 is 1.05 bits per heavy atom. The van der Waals surface area contributed by atoms with E-state index in [1.165, 1.54) is 27.8 Å². The highest BCUT2D eigenvalue weighted by Crippen LogP contribution is 2.45. The normalized spacial score (nSPS) is 11.5. The van der Waals surface area contributed by atoms with Crippen LogP contribution in [0, 0.1) is 0 Å². The summed E-state index contributed by atoms with van der Waals surface area (Å²) >= 11 is 0. The van der Waals surface area contributed by atoms with Crippen LogP contribution in [0.15, 0.2) is 206 Å². The highest BCUT2D eigenvalue weighted by molar-refractivity contribution is 5.90. The summed E-state index contributed by atoms with van der Waals surface area (Å²) < 4.78 is 0. The monoisotopic (exact) mass is 780 g/mol. The van der Waals surface area contributed by atoms with Crippen molar-refractivity contribution in [2.24, 2.45) is 0 Å². The van der Waals surface area contributed by atoms with Crippen LogP contribution in [0.2, 0.25) is 0 Å². The van der Waals surface area contributed by atoms with Crippen molar-refractivity contribution in [1.82, 2.24) is 29.9 Å². The maximum Gasteiger partial charge on any atom is 0.164 e. The number of aromatic nitrogens is 6. The fourth-order valence-corrected chi connectivity index (χ4v) is 8.19. The third-order valence-electron chi connectivity index (χ3n) is 11.2. The lowest BCUT2D eigenvalue weighted by Crippen LogP contribution is -2.00. The molecule has 1 aliphatic carbocycles. The summed E-state index contributed by atoms with van der Waals surface area (Å²) in [6.45, 7) is 0. The molecule has 0 radical (unpaired) electrons. The van der Waals surface area contributed by atoms with Gasteiger partial charge in [0.2, 0.25) is 0 Å². The molecule has 0 spiro atoms. The van der Waals surface area contributed by atoms with Gasteiger partial charge >= 0.3 is 0 Å². The van der Waals surface area contributed by atoms with Gasteiger partial charge < -0.3 is 0 Å². The molecule has 286 valence electrons. The zero-order valence-corrected chi connectivity index (χ0v) is 33.0. The topological polar surface area (TPSA) is 77.3 Å². The van der Waals surface area contributed by atoms with Crippen molar-refractivity contribution < 1.29 is 0 Å². The Hall–Kier alpha value is -8.22. The average Bonchev–Trinajstić information content (AvgIpc) is 3.73. The molecule has 0 fully saturated rings. The van der Waals surface area contributed by atoms with Crippen LogP contribution in [0.1, 0.15) is 11.1 Å². The molecule has 0 bridgehead atoms. The second kappa shape index (κ2) is 15.5. The van der Waals surface area contributed by atoms with Crippen LogP contribution in [0.5, 0.6) is 0 Å². The zero-order chi connectivity index (χ0) is 40.5. The lowest BCUT2D eigenvalue weighted by molar-refractivity contribution is 1.07. The molecule has 10 aromatic rings. The first-order valence-electron chi connectivity index (χ1n) is 20.4.